The topological polar surface area (TPSA) is 20.3 Å². The van der Waals surface area contributed by atoms with Gasteiger partial charge in [0.2, 0.25) is 0 Å². The lowest BCUT2D eigenvalue weighted by Crippen LogP contribution is -2.26. The Morgan fingerprint density at radius 3 is 2.56 bits per heavy atom. The molecule has 0 atom stereocenters. The van der Waals surface area contributed by atoms with E-state index in [4.69, 9.17) is 34.8 Å². The van der Waals surface area contributed by atoms with Crippen LogP contribution in [0.2, 0.25) is 5.02 Å². The van der Waals surface area contributed by atoms with E-state index in [-0.39, 0.29) is 10.1 Å². The Morgan fingerprint density at radius 2 is 1.83 bits per heavy atom. The van der Waals surface area contributed by atoms with E-state index < -0.39 is 5.91 Å². The van der Waals surface area contributed by atoms with E-state index in [9.17, 15) is 4.79 Å². The second-order valence-electron chi connectivity index (χ2n) is 3.52. The number of hydrogen-bond donors (Lipinski definition) is 0. The zero-order valence-corrected chi connectivity index (χ0v) is 11.4. The zero-order valence-electron chi connectivity index (χ0n) is 9.11. The number of rotatable bonds is 1. The van der Waals surface area contributed by atoms with Crippen molar-refractivity contribution in [2.45, 2.75) is 0 Å². The van der Waals surface area contributed by atoms with Crippen molar-refractivity contribution in [1.29, 1.82) is 0 Å². The molecule has 92 valence electrons. The van der Waals surface area contributed by atoms with Crippen molar-refractivity contribution in [3.63, 3.8) is 0 Å². The van der Waals surface area contributed by atoms with Gasteiger partial charge in [0.15, 0.2) is 0 Å². The molecule has 1 aromatic rings. The molecule has 0 saturated heterocycles. The highest BCUT2D eigenvalue weighted by Gasteiger charge is 2.19. The molecule has 0 spiro atoms. The normalized spacial score (nSPS) is 23.5. The third kappa shape index (κ3) is 2.78. The van der Waals surface area contributed by atoms with Crippen LogP contribution in [0.1, 0.15) is 0 Å². The summed E-state index contributed by atoms with van der Waals surface area (Å²) in [5.41, 5.74) is 0.627. The minimum absolute atomic E-state index is 0.0303. The molecule has 0 N–H and O–H groups in total. The van der Waals surface area contributed by atoms with Crippen LogP contribution in [0.15, 0.2) is 58.8 Å². The number of benzene rings is 1. The molecule has 5 heteroatoms. The number of anilines is 1. The Bertz CT molecular complexity index is 575. The molecule has 0 unspecified atom stereocenters. The van der Waals surface area contributed by atoms with Crippen LogP contribution in [0.5, 0.6) is 0 Å². The molecule has 0 radical (unpaired) electrons. The number of halogens is 3. The molecule has 2 nitrogen and oxygen atoms in total. The van der Waals surface area contributed by atoms with E-state index in [1.807, 2.05) is 0 Å². The summed E-state index contributed by atoms with van der Waals surface area (Å²) >= 11 is 17.7. The predicted octanol–water partition coefficient (Wildman–Crippen LogP) is 4.45. The molecule has 1 aliphatic rings. The fourth-order valence-electron chi connectivity index (χ4n) is 1.45. The van der Waals surface area contributed by atoms with E-state index in [0.717, 1.165) is 0 Å². The quantitative estimate of drug-likeness (QED) is 0.750. The molecule has 0 saturated carbocycles. The van der Waals surface area contributed by atoms with Crippen LogP contribution in [0.4, 0.5) is 5.69 Å². The summed E-state index contributed by atoms with van der Waals surface area (Å²) in [6.07, 6.45) is 6.57. The minimum atomic E-state index is -0.399. The van der Waals surface area contributed by atoms with E-state index in [0.29, 0.717) is 10.7 Å². The van der Waals surface area contributed by atoms with Gasteiger partial charge in [-0.1, -0.05) is 46.9 Å². The van der Waals surface area contributed by atoms with Gasteiger partial charge >= 0.3 is 0 Å². The fourth-order valence-corrected chi connectivity index (χ4v) is 1.95. The SMILES string of the molecule is O=C1\C(Cl)=C(Cl)/C=C/C=C/N1c1cccc(Cl)c1. The van der Waals surface area contributed by atoms with Crippen LogP contribution in [0.25, 0.3) is 0 Å². The first-order valence-electron chi connectivity index (χ1n) is 5.09. The predicted molar refractivity (Wildman–Crippen MR) is 76.0 cm³/mol. The molecule has 1 aliphatic heterocycles. The first-order valence-corrected chi connectivity index (χ1v) is 6.22. The highest BCUT2D eigenvalue weighted by atomic mass is 35.5. The maximum Gasteiger partial charge on any atom is 0.275 e. The third-order valence-corrected chi connectivity index (χ3v) is 3.30. The highest BCUT2D eigenvalue weighted by molar-refractivity contribution is 6.50. The van der Waals surface area contributed by atoms with Crippen LogP contribution in [0, 0.1) is 0 Å². The van der Waals surface area contributed by atoms with Crippen LogP contribution in [-0.2, 0) is 4.79 Å². The second kappa shape index (κ2) is 5.61. The third-order valence-electron chi connectivity index (χ3n) is 2.29. The highest BCUT2D eigenvalue weighted by Crippen LogP contribution is 2.26. The van der Waals surface area contributed by atoms with Crippen molar-refractivity contribution in [2.24, 2.45) is 0 Å². The van der Waals surface area contributed by atoms with E-state index in [1.165, 1.54) is 4.90 Å². The lowest BCUT2D eigenvalue weighted by Gasteiger charge is -2.19. The maximum absolute atomic E-state index is 12.1. The van der Waals surface area contributed by atoms with E-state index in [2.05, 4.69) is 0 Å². The Balaban J connectivity index is 2.47. The van der Waals surface area contributed by atoms with Crippen LogP contribution in [-0.4, -0.2) is 5.91 Å². The van der Waals surface area contributed by atoms with Crippen molar-refractivity contribution in [3.8, 4) is 0 Å². The van der Waals surface area contributed by atoms with Crippen molar-refractivity contribution in [3.05, 3.63) is 63.8 Å². The summed E-state index contributed by atoms with van der Waals surface area (Å²) in [5.74, 6) is -0.399. The van der Waals surface area contributed by atoms with Crippen molar-refractivity contribution in [1.82, 2.24) is 0 Å². The lowest BCUT2D eigenvalue weighted by molar-refractivity contribution is -0.114. The molecule has 1 aromatic carbocycles. The number of hydrogen-bond acceptors (Lipinski definition) is 1. The Labute approximate surface area is 120 Å². The summed E-state index contributed by atoms with van der Waals surface area (Å²) in [6, 6.07) is 6.92. The van der Waals surface area contributed by atoms with Crippen molar-refractivity contribution >= 4 is 46.4 Å². The van der Waals surface area contributed by atoms with E-state index in [1.54, 1.807) is 48.7 Å². The van der Waals surface area contributed by atoms with Gasteiger partial charge < -0.3 is 0 Å². The molecular formula is C13H8Cl3NO. The summed E-state index contributed by atoms with van der Waals surface area (Å²) in [7, 11) is 0. The number of amides is 1. The summed E-state index contributed by atoms with van der Waals surface area (Å²) in [4.78, 5) is 13.5. The molecule has 0 bridgehead atoms. The summed E-state index contributed by atoms with van der Waals surface area (Å²) in [5, 5.41) is 0.716. The first-order chi connectivity index (χ1) is 8.59. The Kier molecular flexibility index (Phi) is 4.12. The average Bonchev–Trinajstić information content (AvgIpc) is 2.35. The van der Waals surface area contributed by atoms with Crippen molar-refractivity contribution < 1.29 is 4.79 Å². The average molecular weight is 301 g/mol. The van der Waals surface area contributed by atoms with Gasteiger partial charge in [0.05, 0.1) is 10.7 Å². The lowest BCUT2D eigenvalue weighted by atomic mass is 10.2. The maximum atomic E-state index is 12.1. The largest absolute Gasteiger partial charge is 0.283 e. The summed E-state index contributed by atoms with van der Waals surface area (Å²) in [6.45, 7) is 0. The van der Waals surface area contributed by atoms with Gasteiger partial charge in [-0.15, -0.1) is 0 Å². The number of nitrogens with zero attached hydrogens (tertiary/aromatic N) is 1. The van der Waals surface area contributed by atoms with Crippen molar-refractivity contribution in [2.75, 3.05) is 4.90 Å². The van der Waals surface area contributed by atoms with E-state index >= 15 is 0 Å². The number of carbonyl (C=O) groups is 1. The van der Waals surface area contributed by atoms with Gasteiger partial charge in [-0.2, -0.15) is 0 Å². The monoisotopic (exact) mass is 299 g/mol. The van der Waals surface area contributed by atoms with Crippen LogP contribution < -0.4 is 4.90 Å². The smallest absolute Gasteiger partial charge is 0.275 e. The van der Waals surface area contributed by atoms with Gasteiger partial charge in [-0.3, -0.25) is 9.69 Å². The molecule has 18 heavy (non-hydrogen) atoms. The van der Waals surface area contributed by atoms with Gasteiger partial charge in [0.1, 0.15) is 5.03 Å². The van der Waals surface area contributed by atoms with Crippen LogP contribution >= 0.6 is 34.8 Å². The molecule has 1 amide bonds. The Morgan fingerprint density at radius 1 is 1.06 bits per heavy atom. The molecule has 1 heterocycles. The standard InChI is InChI=1S/C13H8Cl3NO/c14-9-4-3-5-10(8-9)17-7-2-1-6-11(15)12(16)13(17)18/h1-8H/b6-1+,7-2+,12-11-. The molecule has 0 fully saturated rings. The minimum Gasteiger partial charge on any atom is -0.283 e. The van der Waals surface area contributed by atoms with Gasteiger partial charge in [-0.25, -0.2) is 0 Å². The van der Waals surface area contributed by atoms with Crippen LogP contribution in [0.3, 0.4) is 0 Å². The second-order valence-corrected chi connectivity index (χ2v) is 4.74. The fraction of sp³-hybridized carbons (Fsp3) is 0. The molecule has 2 rings (SSSR count). The van der Waals surface area contributed by atoms with Gasteiger partial charge in [0.25, 0.3) is 5.91 Å². The number of carbonyl (C=O) groups excluding carboxylic acids is 1. The summed E-state index contributed by atoms with van der Waals surface area (Å²) < 4.78 is 0. The van der Waals surface area contributed by atoms with Gasteiger partial charge in [0, 0.05) is 11.2 Å². The number of allylic oxidation sites excluding steroid dienone is 4. The molecular weight excluding hydrogens is 293 g/mol. The molecule has 0 aromatic heterocycles. The zero-order chi connectivity index (χ0) is 13.1. The first kappa shape index (κ1) is 13.2. The van der Waals surface area contributed by atoms with Gasteiger partial charge in [-0.05, 0) is 30.4 Å². The Hall–Kier alpha value is -1.22. The molecule has 0 aliphatic carbocycles.